The highest BCUT2D eigenvalue weighted by atomic mass is 35.5. The number of benzene rings is 1. The van der Waals surface area contributed by atoms with E-state index in [1.807, 2.05) is 4.90 Å². The third kappa shape index (κ3) is 2.85. The van der Waals surface area contributed by atoms with Gasteiger partial charge in [-0.3, -0.25) is 9.59 Å². The van der Waals surface area contributed by atoms with Crippen molar-refractivity contribution in [2.24, 2.45) is 0 Å². The first-order valence-corrected chi connectivity index (χ1v) is 10.2. The molecule has 28 heavy (non-hydrogen) atoms. The van der Waals surface area contributed by atoms with Crippen molar-refractivity contribution in [3.8, 4) is 0 Å². The van der Waals surface area contributed by atoms with Crippen LogP contribution in [0.25, 0.3) is 0 Å². The molecule has 3 aliphatic rings. The molecule has 1 spiro atoms. The number of halogens is 2. The lowest BCUT2D eigenvalue weighted by Gasteiger charge is -2.40. The number of aromatic nitrogens is 2. The van der Waals surface area contributed by atoms with E-state index in [0.29, 0.717) is 31.0 Å². The molecule has 1 saturated heterocycles. The van der Waals surface area contributed by atoms with Crippen LogP contribution in [0.4, 0.5) is 4.39 Å². The van der Waals surface area contributed by atoms with Crippen molar-refractivity contribution < 1.29 is 9.18 Å². The summed E-state index contributed by atoms with van der Waals surface area (Å²) in [6.07, 6.45) is 5.46. The Morgan fingerprint density at radius 1 is 1.32 bits per heavy atom. The molecule has 1 amide bonds. The highest BCUT2D eigenvalue weighted by molar-refractivity contribution is 6.31. The Balaban J connectivity index is 1.47. The normalized spacial score (nSPS) is 23.9. The van der Waals surface area contributed by atoms with Crippen molar-refractivity contribution in [1.29, 1.82) is 0 Å². The zero-order valence-electron chi connectivity index (χ0n) is 15.4. The van der Waals surface area contributed by atoms with Crippen molar-refractivity contribution in [3.63, 3.8) is 0 Å². The quantitative estimate of drug-likeness (QED) is 0.836. The summed E-state index contributed by atoms with van der Waals surface area (Å²) in [5.74, 6) is 0.493. The number of fused-ring (bicyclic) bond motifs is 2. The standard InChI is InChI=1S/C21H21ClFN3O2/c22-15-10-13(4-5-16(15)23)20(28)26-9-1-7-21(11-26)8-6-14-17(21)24-18(12-2-3-12)25-19(14)27/h4-5,10,12H,1-3,6-9,11H2,(H,24,25,27). The molecule has 2 fully saturated rings. The summed E-state index contributed by atoms with van der Waals surface area (Å²) in [6, 6.07) is 4.09. The molecule has 1 saturated carbocycles. The lowest BCUT2D eigenvalue weighted by molar-refractivity contribution is 0.0633. The molecule has 5 rings (SSSR count). The summed E-state index contributed by atoms with van der Waals surface area (Å²) in [7, 11) is 0. The predicted molar refractivity (Wildman–Crippen MR) is 103 cm³/mol. The summed E-state index contributed by atoms with van der Waals surface area (Å²) in [5.41, 5.74) is 1.79. The first kappa shape index (κ1) is 17.9. The molecule has 1 aromatic carbocycles. The van der Waals surface area contributed by atoms with E-state index in [2.05, 4.69) is 4.98 Å². The summed E-state index contributed by atoms with van der Waals surface area (Å²) < 4.78 is 13.5. The molecule has 5 nitrogen and oxygen atoms in total. The number of likely N-dealkylation sites (tertiary alicyclic amines) is 1. The average molecular weight is 402 g/mol. The first-order valence-electron chi connectivity index (χ1n) is 9.85. The Hall–Kier alpha value is -2.21. The van der Waals surface area contributed by atoms with Gasteiger partial charge in [0.05, 0.1) is 10.7 Å². The zero-order chi connectivity index (χ0) is 19.5. The van der Waals surface area contributed by atoms with E-state index >= 15 is 0 Å². The summed E-state index contributed by atoms with van der Waals surface area (Å²) in [5, 5.41) is -0.0499. The second-order valence-corrected chi connectivity index (χ2v) is 8.70. The van der Waals surface area contributed by atoms with Gasteiger partial charge in [0.15, 0.2) is 0 Å². The molecule has 2 heterocycles. The van der Waals surface area contributed by atoms with E-state index in [4.69, 9.17) is 16.6 Å². The van der Waals surface area contributed by atoms with Gasteiger partial charge >= 0.3 is 0 Å². The largest absolute Gasteiger partial charge is 0.338 e. The minimum atomic E-state index is -0.533. The minimum absolute atomic E-state index is 0.0162. The second kappa shape index (κ2) is 6.41. The highest BCUT2D eigenvalue weighted by Crippen LogP contribution is 2.45. The summed E-state index contributed by atoms with van der Waals surface area (Å²) in [4.78, 5) is 35.2. The van der Waals surface area contributed by atoms with Crippen molar-refractivity contribution >= 4 is 17.5 Å². The van der Waals surface area contributed by atoms with Crippen LogP contribution in [0.5, 0.6) is 0 Å². The number of hydrogen-bond acceptors (Lipinski definition) is 3. The van der Waals surface area contributed by atoms with Crippen molar-refractivity contribution in [1.82, 2.24) is 14.9 Å². The molecule has 146 valence electrons. The molecular weight excluding hydrogens is 381 g/mol. The van der Waals surface area contributed by atoms with Gasteiger partial charge < -0.3 is 9.88 Å². The van der Waals surface area contributed by atoms with Gasteiger partial charge in [0.2, 0.25) is 0 Å². The average Bonchev–Trinajstić information content (AvgIpc) is 3.48. The SMILES string of the molecule is O=C(c1ccc(F)c(Cl)c1)N1CCCC2(CCc3c2nc(C2CC2)[nH]c3=O)C1. The van der Waals surface area contributed by atoms with Gasteiger partial charge in [-0.25, -0.2) is 9.37 Å². The van der Waals surface area contributed by atoms with Crippen LogP contribution >= 0.6 is 11.6 Å². The molecule has 7 heteroatoms. The highest BCUT2D eigenvalue weighted by Gasteiger charge is 2.46. The fourth-order valence-electron chi connectivity index (χ4n) is 4.73. The van der Waals surface area contributed by atoms with Gasteiger partial charge in [0.25, 0.3) is 11.5 Å². The van der Waals surface area contributed by atoms with Crippen LogP contribution in [0.15, 0.2) is 23.0 Å². The van der Waals surface area contributed by atoms with E-state index in [-0.39, 0.29) is 21.9 Å². The fourth-order valence-corrected chi connectivity index (χ4v) is 4.91. The Labute approximate surface area is 166 Å². The van der Waals surface area contributed by atoms with Gasteiger partial charge in [-0.15, -0.1) is 0 Å². The maximum absolute atomic E-state index is 13.5. The Morgan fingerprint density at radius 3 is 2.89 bits per heavy atom. The van der Waals surface area contributed by atoms with Crippen LogP contribution in [0.1, 0.15) is 65.5 Å². The number of carbonyl (C=O) groups excluding carboxylic acids is 1. The van der Waals surface area contributed by atoms with Crippen LogP contribution in [0, 0.1) is 5.82 Å². The topological polar surface area (TPSA) is 66.1 Å². The van der Waals surface area contributed by atoms with Crippen LogP contribution in [0.2, 0.25) is 5.02 Å². The smallest absolute Gasteiger partial charge is 0.254 e. The molecule has 1 unspecified atom stereocenters. The third-order valence-corrected chi connectivity index (χ3v) is 6.67. The van der Waals surface area contributed by atoms with Crippen molar-refractivity contribution in [3.05, 3.63) is 62.0 Å². The van der Waals surface area contributed by atoms with Crippen LogP contribution in [0.3, 0.4) is 0 Å². The van der Waals surface area contributed by atoms with Crippen molar-refractivity contribution in [2.45, 2.75) is 49.9 Å². The van der Waals surface area contributed by atoms with E-state index in [1.165, 1.54) is 18.2 Å². The number of aromatic amines is 1. The molecule has 1 aromatic heterocycles. The summed E-state index contributed by atoms with van der Waals surface area (Å²) >= 11 is 5.86. The van der Waals surface area contributed by atoms with Crippen molar-refractivity contribution in [2.75, 3.05) is 13.1 Å². The van der Waals surface area contributed by atoms with E-state index in [1.54, 1.807) is 0 Å². The lowest BCUT2D eigenvalue weighted by Crippen LogP contribution is -2.48. The Kier molecular flexibility index (Phi) is 4.09. The lowest BCUT2D eigenvalue weighted by atomic mass is 9.77. The number of nitrogens with zero attached hydrogens (tertiary/aromatic N) is 2. The fraction of sp³-hybridized carbons (Fsp3) is 0.476. The molecular formula is C21H21ClFN3O2. The number of piperidine rings is 1. The molecule has 2 aliphatic carbocycles. The Bertz CT molecular complexity index is 1030. The number of rotatable bonds is 2. The maximum Gasteiger partial charge on any atom is 0.254 e. The van der Waals surface area contributed by atoms with Gasteiger partial charge in [-0.2, -0.15) is 0 Å². The van der Waals surface area contributed by atoms with Crippen LogP contribution in [-0.2, 0) is 11.8 Å². The second-order valence-electron chi connectivity index (χ2n) is 8.29. The van der Waals surface area contributed by atoms with Gasteiger partial charge in [0, 0.05) is 35.5 Å². The molecule has 1 atom stereocenters. The van der Waals surface area contributed by atoms with Crippen LogP contribution in [-0.4, -0.2) is 33.9 Å². The monoisotopic (exact) mass is 401 g/mol. The Morgan fingerprint density at radius 2 is 2.14 bits per heavy atom. The molecule has 1 aliphatic heterocycles. The molecule has 2 aromatic rings. The molecule has 1 N–H and O–H groups in total. The van der Waals surface area contributed by atoms with E-state index in [0.717, 1.165) is 49.2 Å². The number of carbonyl (C=O) groups is 1. The van der Waals surface area contributed by atoms with Gasteiger partial charge in [0.1, 0.15) is 11.6 Å². The van der Waals surface area contributed by atoms with Gasteiger partial charge in [-0.1, -0.05) is 11.6 Å². The first-order chi connectivity index (χ1) is 13.5. The van der Waals surface area contributed by atoms with E-state index < -0.39 is 5.82 Å². The molecule has 0 radical (unpaired) electrons. The van der Waals surface area contributed by atoms with E-state index in [9.17, 15) is 14.0 Å². The number of hydrogen-bond donors (Lipinski definition) is 1. The van der Waals surface area contributed by atoms with Crippen LogP contribution < -0.4 is 5.56 Å². The minimum Gasteiger partial charge on any atom is -0.338 e. The summed E-state index contributed by atoms with van der Waals surface area (Å²) in [6.45, 7) is 1.18. The molecule has 0 bridgehead atoms. The maximum atomic E-state index is 13.5. The zero-order valence-corrected chi connectivity index (χ0v) is 16.2. The van der Waals surface area contributed by atoms with Gasteiger partial charge in [-0.05, 0) is 56.7 Å². The third-order valence-electron chi connectivity index (χ3n) is 6.38. The predicted octanol–water partition coefficient (Wildman–Crippen LogP) is 3.56. The number of nitrogens with one attached hydrogen (secondary N) is 1. The number of H-pyrrole nitrogens is 1. The number of amides is 1.